The first-order valence-electron chi connectivity index (χ1n) is 7.71. The molecule has 0 aliphatic carbocycles. The molecule has 1 aromatic carbocycles. The molecule has 0 aliphatic rings. The molecule has 0 radical (unpaired) electrons. The van der Waals surface area contributed by atoms with Gasteiger partial charge in [0.25, 0.3) is 0 Å². The van der Waals surface area contributed by atoms with E-state index in [1.54, 1.807) is 19.1 Å². The van der Waals surface area contributed by atoms with Crippen LogP contribution in [0.5, 0.6) is 0 Å². The smallest absolute Gasteiger partial charge is 0.333 e. The zero-order valence-electron chi connectivity index (χ0n) is 13.9. The molecule has 3 aromatic rings. The Morgan fingerprint density at radius 1 is 1.30 bits per heavy atom. The number of fused-ring (bicyclic) bond motifs is 1. The summed E-state index contributed by atoms with van der Waals surface area (Å²) in [4.78, 5) is 24.6. The van der Waals surface area contributed by atoms with Crippen LogP contribution in [-0.4, -0.2) is 27.5 Å². The summed E-state index contributed by atoms with van der Waals surface area (Å²) < 4.78 is 28.4. The molecule has 0 saturated heterocycles. The van der Waals surface area contributed by atoms with Gasteiger partial charge < -0.3 is 10.6 Å². The molecule has 0 unspecified atom stereocenters. The third kappa shape index (κ3) is 4.25. The van der Waals surface area contributed by atoms with E-state index in [0.717, 1.165) is 16.4 Å². The molecule has 0 atom stereocenters. The first-order valence-corrected chi connectivity index (χ1v) is 8.90. The van der Waals surface area contributed by atoms with E-state index in [-0.39, 0.29) is 27.4 Å². The summed E-state index contributed by atoms with van der Waals surface area (Å²) in [5, 5.41) is 5.34. The molecule has 7 nitrogen and oxygen atoms in total. The van der Waals surface area contributed by atoms with Crippen LogP contribution in [0.15, 0.2) is 34.9 Å². The van der Waals surface area contributed by atoms with Gasteiger partial charge in [-0.05, 0) is 41.1 Å². The highest BCUT2D eigenvalue weighted by Crippen LogP contribution is 2.29. The number of amides is 2. The van der Waals surface area contributed by atoms with E-state index in [2.05, 4.69) is 54.3 Å². The maximum atomic E-state index is 14.0. The van der Waals surface area contributed by atoms with Crippen LogP contribution in [0.2, 0.25) is 0 Å². The lowest BCUT2D eigenvalue weighted by atomic mass is 10.3. The minimum Gasteiger partial charge on any atom is -0.337 e. The van der Waals surface area contributed by atoms with Gasteiger partial charge in [0.2, 0.25) is 0 Å². The number of carbonyl (C=O) groups is 1. The largest absolute Gasteiger partial charge is 0.337 e. The first kappa shape index (κ1) is 19.2. The molecule has 27 heavy (non-hydrogen) atoms. The molecule has 0 saturated carbocycles. The standard InChI is InChI=1S/C16H13BrF2N6OS/c1-2-20-16(26)25(27)13-4-3-11-15(24-13)23-12(7-21-11)22-14-9(17)5-8(18)6-10(14)19/h3-7,27H,2H2,1H3,(H,20,26)(H,22,23,24). The van der Waals surface area contributed by atoms with E-state index in [0.29, 0.717) is 12.1 Å². The Morgan fingerprint density at radius 2 is 2.07 bits per heavy atom. The topological polar surface area (TPSA) is 83.0 Å². The molecular weight excluding hydrogens is 442 g/mol. The second-order valence-electron chi connectivity index (χ2n) is 5.28. The van der Waals surface area contributed by atoms with E-state index in [4.69, 9.17) is 0 Å². The van der Waals surface area contributed by atoms with Gasteiger partial charge in [-0.2, -0.15) is 0 Å². The maximum Gasteiger partial charge on any atom is 0.333 e. The van der Waals surface area contributed by atoms with Crippen molar-refractivity contribution in [2.75, 3.05) is 16.2 Å². The Bertz CT molecular complexity index is 998. The Hall–Kier alpha value is -2.53. The molecule has 11 heteroatoms. The number of thiol groups is 1. The van der Waals surface area contributed by atoms with Crippen molar-refractivity contribution in [1.82, 2.24) is 20.3 Å². The van der Waals surface area contributed by atoms with Crippen LogP contribution >= 0.6 is 28.7 Å². The third-order valence-electron chi connectivity index (χ3n) is 3.39. The molecule has 2 amide bonds. The Morgan fingerprint density at radius 3 is 2.78 bits per heavy atom. The number of rotatable bonds is 4. The van der Waals surface area contributed by atoms with E-state index < -0.39 is 17.7 Å². The zero-order chi connectivity index (χ0) is 19.6. The number of aromatic nitrogens is 3. The third-order valence-corrected chi connectivity index (χ3v) is 4.40. The van der Waals surface area contributed by atoms with E-state index >= 15 is 0 Å². The monoisotopic (exact) mass is 454 g/mol. The van der Waals surface area contributed by atoms with Crippen LogP contribution in [0.3, 0.4) is 0 Å². The molecule has 2 N–H and O–H groups in total. The van der Waals surface area contributed by atoms with Gasteiger partial charge >= 0.3 is 6.03 Å². The summed E-state index contributed by atoms with van der Waals surface area (Å²) in [7, 11) is 0. The molecule has 0 spiro atoms. The van der Waals surface area contributed by atoms with Crippen molar-refractivity contribution in [3.05, 3.63) is 46.6 Å². The van der Waals surface area contributed by atoms with Crippen molar-refractivity contribution in [1.29, 1.82) is 0 Å². The van der Waals surface area contributed by atoms with Gasteiger partial charge in [-0.25, -0.2) is 32.8 Å². The highest BCUT2D eigenvalue weighted by molar-refractivity contribution is 9.10. The Balaban J connectivity index is 1.94. The predicted octanol–water partition coefficient (Wildman–Crippen LogP) is 4.19. The maximum absolute atomic E-state index is 14.0. The lowest BCUT2D eigenvalue weighted by Gasteiger charge is -2.15. The number of benzene rings is 1. The quantitative estimate of drug-likeness (QED) is 0.514. The average Bonchev–Trinajstić information content (AvgIpc) is 2.63. The SMILES string of the molecule is CCNC(=O)N(S)c1ccc2ncc(Nc3c(F)cc(F)cc3Br)nc2n1. The molecule has 0 aliphatic heterocycles. The number of hydrogen-bond donors (Lipinski definition) is 3. The lowest BCUT2D eigenvalue weighted by Crippen LogP contribution is -2.34. The molecule has 2 heterocycles. The lowest BCUT2D eigenvalue weighted by molar-refractivity contribution is 0.250. The number of nitrogens with one attached hydrogen (secondary N) is 2. The fourth-order valence-electron chi connectivity index (χ4n) is 2.19. The van der Waals surface area contributed by atoms with Crippen LogP contribution in [0.4, 0.5) is 30.9 Å². The fraction of sp³-hybridized carbons (Fsp3) is 0.125. The number of carbonyl (C=O) groups excluding carboxylic acids is 1. The zero-order valence-corrected chi connectivity index (χ0v) is 16.4. The van der Waals surface area contributed by atoms with Gasteiger partial charge in [0.1, 0.15) is 17.2 Å². The molecule has 0 bridgehead atoms. The summed E-state index contributed by atoms with van der Waals surface area (Å²) in [6, 6.07) is 4.64. The second kappa shape index (κ2) is 8.01. The van der Waals surface area contributed by atoms with Crippen molar-refractivity contribution >= 4 is 63.3 Å². The summed E-state index contributed by atoms with van der Waals surface area (Å²) in [6.07, 6.45) is 1.39. The Kier molecular flexibility index (Phi) is 5.71. The van der Waals surface area contributed by atoms with Crippen LogP contribution < -0.4 is 14.9 Å². The van der Waals surface area contributed by atoms with Crippen LogP contribution in [0.1, 0.15) is 6.92 Å². The van der Waals surface area contributed by atoms with Gasteiger partial charge in [0, 0.05) is 17.1 Å². The van der Waals surface area contributed by atoms with Crippen LogP contribution in [-0.2, 0) is 0 Å². The molecular formula is C16H13BrF2N6OS. The minimum absolute atomic E-state index is 0.0133. The van der Waals surface area contributed by atoms with Crippen molar-refractivity contribution < 1.29 is 13.6 Å². The number of pyridine rings is 1. The average molecular weight is 455 g/mol. The number of urea groups is 1. The van der Waals surface area contributed by atoms with E-state index in [1.807, 2.05) is 0 Å². The van der Waals surface area contributed by atoms with Gasteiger partial charge in [-0.15, -0.1) is 0 Å². The van der Waals surface area contributed by atoms with Crippen LogP contribution in [0, 0.1) is 11.6 Å². The van der Waals surface area contributed by atoms with Crippen molar-refractivity contribution in [3.63, 3.8) is 0 Å². The number of nitrogens with zero attached hydrogens (tertiary/aromatic N) is 4. The summed E-state index contributed by atoms with van der Waals surface area (Å²) in [6.45, 7) is 2.22. The number of hydrogen-bond acceptors (Lipinski definition) is 6. The van der Waals surface area contributed by atoms with E-state index in [9.17, 15) is 13.6 Å². The number of halogens is 3. The van der Waals surface area contributed by atoms with Crippen molar-refractivity contribution in [3.8, 4) is 0 Å². The van der Waals surface area contributed by atoms with Gasteiger partial charge in [0.05, 0.1) is 11.9 Å². The molecule has 0 fully saturated rings. The van der Waals surface area contributed by atoms with Gasteiger partial charge in [-0.1, -0.05) is 12.8 Å². The fourth-order valence-corrected chi connectivity index (χ4v) is 2.88. The normalized spacial score (nSPS) is 10.7. The van der Waals surface area contributed by atoms with Crippen LogP contribution in [0.25, 0.3) is 11.2 Å². The van der Waals surface area contributed by atoms with Gasteiger partial charge in [-0.3, -0.25) is 0 Å². The number of anilines is 3. The summed E-state index contributed by atoms with van der Waals surface area (Å²) >= 11 is 7.22. The predicted molar refractivity (Wildman–Crippen MR) is 105 cm³/mol. The van der Waals surface area contributed by atoms with Crippen molar-refractivity contribution in [2.45, 2.75) is 6.92 Å². The highest BCUT2D eigenvalue weighted by atomic mass is 79.9. The molecule has 3 rings (SSSR count). The first-order chi connectivity index (χ1) is 12.9. The Labute approximate surface area is 166 Å². The molecule has 140 valence electrons. The minimum atomic E-state index is -0.789. The second-order valence-corrected chi connectivity index (χ2v) is 6.54. The highest BCUT2D eigenvalue weighted by Gasteiger charge is 2.15. The van der Waals surface area contributed by atoms with E-state index in [1.165, 1.54) is 6.20 Å². The molecule has 2 aromatic heterocycles. The summed E-state index contributed by atoms with van der Waals surface area (Å²) in [5.41, 5.74) is 0.708. The van der Waals surface area contributed by atoms with Gasteiger partial charge in [0.15, 0.2) is 17.3 Å². The summed E-state index contributed by atoms with van der Waals surface area (Å²) in [5.74, 6) is -1.05. The van der Waals surface area contributed by atoms with Crippen molar-refractivity contribution in [2.24, 2.45) is 0 Å².